The van der Waals surface area contributed by atoms with E-state index in [0.717, 1.165) is 12.1 Å². The van der Waals surface area contributed by atoms with Crippen LogP contribution in [0.2, 0.25) is 0 Å². The average molecular weight is 302 g/mol. The summed E-state index contributed by atoms with van der Waals surface area (Å²) in [6.45, 7) is 5.11. The number of fused-ring (bicyclic) bond motifs is 1. The van der Waals surface area contributed by atoms with E-state index in [2.05, 4.69) is 14.9 Å². The summed E-state index contributed by atoms with van der Waals surface area (Å²) < 4.78 is 45.4. The molecule has 0 bridgehead atoms. The molecule has 0 amide bonds. The van der Waals surface area contributed by atoms with Crippen LogP contribution in [0.1, 0.15) is 31.3 Å². The smallest absolute Gasteiger partial charge is 0.455 e. The monoisotopic (exact) mass is 302 g/mol. The number of ether oxygens (including phenoxy) is 2. The highest BCUT2D eigenvalue weighted by Crippen LogP contribution is 2.27. The van der Waals surface area contributed by atoms with Crippen LogP contribution < -0.4 is 4.74 Å². The van der Waals surface area contributed by atoms with Gasteiger partial charge >= 0.3 is 12.3 Å². The molecule has 5 nitrogen and oxygen atoms in total. The lowest BCUT2D eigenvalue weighted by atomic mass is 10.1. The Bertz CT molecular complexity index is 671. The number of nitrogens with zero attached hydrogens (tertiary/aromatic N) is 1. The molecule has 2 aromatic rings. The van der Waals surface area contributed by atoms with Crippen LogP contribution in [0.25, 0.3) is 10.9 Å². The third-order valence-corrected chi connectivity index (χ3v) is 2.36. The molecule has 2 rings (SSSR count). The number of H-pyrrole nitrogens is 1. The predicted molar refractivity (Wildman–Crippen MR) is 67.9 cm³/mol. The third-order valence-electron chi connectivity index (χ3n) is 2.36. The van der Waals surface area contributed by atoms with Gasteiger partial charge in [0.25, 0.3) is 0 Å². The fourth-order valence-corrected chi connectivity index (χ4v) is 1.68. The summed E-state index contributed by atoms with van der Waals surface area (Å²) >= 11 is 0. The molecule has 0 aliphatic rings. The van der Waals surface area contributed by atoms with Crippen molar-refractivity contribution in [2.75, 3.05) is 0 Å². The number of alkyl halides is 3. The van der Waals surface area contributed by atoms with Crippen molar-refractivity contribution in [2.24, 2.45) is 0 Å². The van der Waals surface area contributed by atoms with Crippen molar-refractivity contribution in [3.63, 3.8) is 0 Å². The molecule has 0 fully saturated rings. The fourth-order valence-electron chi connectivity index (χ4n) is 1.68. The Morgan fingerprint density at radius 2 is 1.90 bits per heavy atom. The molecule has 1 aromatic heterocycles. The van der Waals surface area contributed by atoms with Crippen LogP contribution in [0.15, 0.2) is 18.2 Å². The zero-order chi connectivity index (χ0) is 15.8. The number of aromatic amines is 1. The maximum Gasteiger partial charge on any atom is 0.573 e. The minimum Gasteiger partial charge on any atom is -0.455 e. The second-order valence-electron chi connectivity index (χ2n) is 5.33. The largest absolute Gasteiger partial charge is 0.573 e. The Balaban J connectivity index is 2.31. The molecule has 0 radical (unpaired) electrons. The SMILES string of the molecule is CC(C)(C)OC(=O)c1n[nH]c2cc(OC(F)(F)F)ccc12. The number of benzene rings is 1. The van der Waals surface area contributed by atoms with Gasteiger partial charge in [-0.05, 0) is 32.9 Å². The number of aromatic nitrogens is 2. The molecule has 1 heterocycles. The number of halogens is 3. The maximum absolute atomic E-state index is 12.1. The summed E-state index contributed by atoms with van der Waals surface area (Å²) in [5.41, 5.74) is -0.432. The van der Waals surface area contributed by atoms with Gasteiger partial charge in [0.15, 0.2) is 5.69 Å². The van der Waals surface area contributed by atoms with E-state index in [4.69, 9.17) is 4.74 Å². The zero-order valence-corrected chi connectivity index (χ0v) is 11.5. The molecular formula is C13H13F3N2O3. The molecule has 0 saturated carbocycles. The Kier molecular flexibility index (Phi) is 3.56. The van der Waals surface area contributed by atoms with Crippen molar-refractivity contribution < 1.29 is 27.4 Å². The van der Waals surface area contributed by atoms with Gasteiger partial charge in [-0.2, -0.15) is 5.10 Å². The second-order valence-corrected chi connectivity index (χ2v) is 5.33. The van der Waals surface area contributed by atoms with Crippen molar-refractivity contribution in [1.29, 1.82) is 0 Å². The molecule has 0 unspecified atom stereocenters. The number of hydrogen-bond donors (Lipinski definition) is 1. The molecule has 8 heteroatoms. The van der Waals surface area contributed by atoms with Gasteiger partial charge in [0.1, 0.15) is 11.4 Å². The van der Waals surface area contributed by atoms with Crippen molar-refractivity contribution in [3.8, 4) is 5.75 Å². The number of carbonyl (C=O) groups is 1. The van der Waals surface area contributed by atoms with E-state index < -0.39 is 23.7 Å². The van der Waals surface area contributed by atoms with Gasteiger partial charge in [-0.25, -0.2) is 4.79 Å². The lowest BCUT2D eigenvalue weighted by Gasteiger charge is -2.18. The number of nitrogens with one attached hydrogen (secondary N) is 1. The lowest BCUT2D eigenvalue weighted by molar-refractivity contribution is -0.274. The molecule has 1 aromatic carbocycles. The first-order valence-electron chi connectivity index (χ1n) is 6.02. The first-order valence-corrected chi connectivity index (χ1v) is 6.02. The summed E-state index contributed by atoms with van der Waals surface area (Å²) in [4.78, 5) is 11.9. The van der Waals surface area contributed by atoms with Crippen LogP contribution in [0.3, 0.4) is 0 Å². The molecule has 0 saturated heterocycles. The molecule has 1 N–H and O–H groups in total. The van der Waals surface area contributed by atoms with E-state index in [1.165, 1.54) is 6.07 Å². The van der Waals surface area contributed by atoms with Crippen LogP contribution in [-0.4, -0.2) is 28.1 Å². The second kappa shape index (κ2) is 4.94. The van der Waals surface area contributed by atoms with Gasteiger partial charge in [0, 0.05) is 11.5 Å². The van der Waals surface area contributed by atoms with Crippen LogP contribution in [0, 0.1) is 0 Å². The number of esters is 1. The van der Waals surface area contributed by atoms with Gasteiger partial charge < -0.3 is 9.47 Å². The van der Waals surface area contributed by atoms with E-state index in [1.54, 1.807) is 20.8 Å². The summed E-state index contributed by atoms with van der Waals surface area (Å²) in [6, 6.07) is 3.54. The van der Waals surface area contributed by atoms with E-state index in [9.17, 15) is 18.0 Å². The summed E-state index contributed by atoms with van der Waals surface area (Å²) in [5, 5.41) is 6.62. The Hall–Kier alpha value is -2.25. The molecule has 0 aliphatic carbocycles. The standard InChI is InChI=1S/C13H13F3N2O3/c1-12(2,3)21-11(19)10-8-5-4-7(20-13(14,15)16)6-9(8)17-18-10/h4-6H,1-3H3,(H,17,18). The van der Waals surface area contributed by atoms with Crippen molar-refractivity contribution in [1.82, 2.24) is 10.2 Å². The predicted octanol–water partition coefficient (Wildman–Crippen LogP) is 3.42. The quantitative estimate of drug-likeness (QED) is 0.863. The van der Waals surface area contributed by atoms with Crippen LogP contribution in [0.5, 0.6) is 5.75 Å². The number of carbonyl (C=O) groups excluding carboxylic acids is 1. The Morgan fingerprint density at radius 3 is 2.48 bits per heavy atom. The third kappa shape index (κ3) is 3.87. The molecule has 0 aliphatic heterocycles. The highest BCUT2D eigenvalue weighted by Gasteiger charge is 2.31. The van der Waals surface area contributed by atoms with Gasteiger partial charge in [-0.1, -0.05) is 0 Å². The maximum atomic E-state index is 12.1. The molecule has 114 valence electrons. The average Bonchev–Trinajstić information content (AvgIpc) is 2.67. The van der Waals surface area contributed by atoms with Crippen LogP contribution in [-0.2, 0) is 4.74 Å². The van der Waals surface area contributed by atoms with Gasteiger partial charge in [0.2, 0.25) is 0 Å². The van der Waals surface area contributed by atoms with Crippen LogP contribution >= 0.6 is 0 Å². The summed E-state index contributed by atoms with van der Waals surface area (Å²) in [6.07, 6.45) is -4.78. The zero-order valence-electron chi connectivity index (χ0n) is 11.5. The minimum absolute atomic E-state index is 0.0125. The minimum atomic E-state index is -4.78. The highest BCUT2D eigenvalue weighted by molar-refractivity contribution is 6.02. The first kappa shape index (κ1) is 15.1. The molecule has 0 spiro atoms. The summed E-state index contributed by atoms with van der Waals surface area (Å²) in [5.74, 6) is -1.05. The topological polar surface area (TPSA) is 64.2 Å². The fraction of sp³-hybridized carbons (Fsp3) is 0.385. The first-order chi connectivity index (χ1) is 9.55. The van der Waals surface area contributed by atoms with E-state index >= 15 is 0 Å². The number of rotatable bonds is 2. The van der Waals surface area contributed by atoms with Gasteiger partial charge in [-0.3, -0.25) is 5.10 Å². The van der Waals surface area contributed by atoms with Gasteiger partial charge in [-0.15, -0.1) is 13.2 Å². The Labute approximate surface area is 118 Å². The molecular weight excluding hydrogens is 289 g/mol. The van der Waals surface area contributed by atoms with Gasteiger partial charge in [0.05, 0.1) is 5.52 Å². The number of hydrogen-bond acceptors (Lipinski definition) is 4. The lowest BCUT2D eigenvalue weighted by Crippen LogP contribution is -2.24. The normalized spacial score (nSPS) is 12.5. The van der Waals surface area contributed by atoms with Crippen molar-refractivity contribution in [3.05, 3.63) is 23.9 Å². The van der Waals surface area contributed by atoms with Crippen molar-refractivity contribution >= 4 is 16.9 Å². The summed E-state index contributed by atoms with van der Waals surface area (Å²) in [7, 11) is 0. The van der Waals surface area contributed by atoms with E-state index in [1.807, 2.05) is 0 Å². The van der Waals surface area contributed by atoms with Crippen LogP contribution in [0.4, 0.5) is 13.2 Å². The van der Waals surface area contributed by atoms with E-state index in [0.29, 0.717) is 5.39 Å². The molecule has 0 atom stereocenters. The Morgan fingerprint density at radius 1 is 1.24 bits per heavy atom. The highest BCUT2D eigenvalue weighted by atomic mass is 19.4. The molecule has 21 heavy (non-hydrogen) atoms. The van der Waals surface area contributed by atoms with E-state index in [-0.39, 0.29) is 11.2 Å². The van der Waals surface area contributed by atoms with Crippen molar-refractivity contribution in [2.45, 2.75) is 32.7 Å².